The number of primary amides is 1. The number of amides is 2. The second-order valence-corrected chi connectivity index (χ2v) is 8.34. The molecular weight excluding hydrogens is 388 g/mol. The third-order valence-corrected chi connectivity index (χ3v) is 6.12. The van der Waals surface area contributed by atoms with Crippen LogP contribution in [-0.2, 0) is 5.60 Å². The lowest BCUT2D eigenvalue weighted by atomic mass is 10.1. The van der Waals surface area contributed by atoms with Crippen LogP contribution in [0.2, 0.25) is 0 Å². The average Bonchev–Trinajstić information content (AvgIpc) is 3.29. The fourth-order valence-electron chi connectivity index (χ4n) is 3.41. The number of carbonyl (C=O) groups excluding carboxylic acids is 1. The molecule has 0 unspecified atom stereocenters. The third kappa shape index (κ3) is 4.06. The molecule has 4 N–H and O–H groups in total. The van der Waals surface area contributed by atoms with Gasteiger partial charge < -0.3 is 21.1 Å². The fourth-order valence-corrected chi connectivity index (χ4v) is 4.43. The number of aliphatic hydroxyl groups is 1. The zero-order valence-corrected chi connectivity index (χ0v) is 17.0. The number of nitrogens with two attached hydrogens (primary N) is 1. The minimum absolute atomic E-state index is 0.167. The van der Waals surface area contributed by atoms with Crippen molar-refractivity contribution in [2.24, 2.45) is 5.73 Å². The number of anilines is 2. The van der Waals surface area contributed by atoms with Crippen molar-refractivity contribution < 1.29 is 9.90 Å². The Morgan fingerprint density at radius 2 is 2.14 bits per heavy atom. The molecular formula is C20H22N6O2S. The molecule has 1 fully saturated rings. The van der Waals surface area contributed by atoms with Crippen molar-refractivity contribution in [2.45, 2.75) is 25.9 Å². The highest BCUT2D eigenvalue weighted by Gasteiger charge is 2.41. The highest BCUT2D eigenvalue weighted by Crippen LogP contribution is 2.38. The number of likely N-dealkylation sites (tertiary alicyclic amines) is 1. The second-order valence-electron chi connectivity index (χ2n) is 7.31. The summed E-state index contributed by atoms with van der Waals surface area (Å²) in [5, 5.41) is 14.8. The van der Waals surface area contributed by atoms with Gasteiger partial charge in [-0.25, -0.2) is 19.7 Å². The minimum Gasteiger partial charge on any atom is -0.381 e. The maximum atomic E-state index is 11.4. The Hall–Kier alpha value is -3.04. The van der Waals surface area contributed by atoms with Gasteiger partial charge in [0.25, 0.3) is 0 Å². The Morgan fingerprint density at radius 1 is 1.31 bits per heavy atom. The first-order valence-corrected chi connectivity index (χ1v) is 10.1. The first-order valence-electron chi connectivity index (χ1n) is 9.24. The molecule has 1 atom stereocenters. The predicted octanol–water partition coefficient (Wildman–Crippen LogP) is 2.93. The van der Waals surface area contributed by atoms with E-state index >= 15 is 0 Å². The lowest BCUT2D eigenvalue weighted by Gasteiger charge is -2.19. The largest absolute Gasteiger partial charge is 0.381 e. The molecule has 3 aromatic rings. The quantitative estimate of drug-likeness (QED) is 0.609. The Bertz CT molecular complexity index is 1070. The lowest BCUT2D eigenvalue weighted by Crippen LogP contribution is -2.37. The zero-order valence-electron chi connectivity index (χ0n) is 16.2. The van der Waals surface area contributed by atoms with Gasteiger partial charge in [0.15, 0.2) is 0 Å². The number of carbonyl (C=O) groups is 1. The van der Waals surface area contributed by atoms with Gasteiger partial charge in [-0.15, -0.1) is 11.3 Å². The van der Waals surface area contributed by atoms with Gasteiger partial charge >= 0.3 is 6.03 Å². The van der Waals surface area contributed by atoms with Gasteiger partial charge in [-0.05, 0) is 43.2 Å². The molecule has 4 rings (SSSR count). The van der Waals surface area contributed by atoms with Crippen molar-refractivity contribution in [3.8, 4) is 10.4 Å². The van der Waals surface area contributed by atoms with Gasteiger partial charge in [0.1, 0.15) is 10.6 Å². The lowest BCUT2D eigenvalue weighted by molar-refractivity contribution is 0.0496. The van der Waals surface area contributed by atoms with Crippen molar-refractivity contribution >= 4 is 29.0 Å². The van der Waals surface area contributed by atoms with E-state index in [4.69, 9.17) is 5.73 Å². The Balaban J connectivity index is 1.59. The van der Waals surface area contributed by atoms with E-state index in [9.17, 15) is 9.90 Å². The molecule has 0 aliphatic carbocycles. The van der Waals surface area contributed by atoms with E-state index in [0.717, 1.165) is 27.4 Å². The van der Waals surface area contributed by atoms with E-state index in [1.54, 1.807) is 12.4 Å². The maximum absolute atomic E-state index is 11.4. The summed E-state index contributed by atoms with van der Waals surface area (Å²) in [4.78, 5) is 26.8. The highest BCUT2D eigenvalue weighted by molar-refractivity contribution is 7.15. The molecule has 9 heteroatoms. The van der Waals surface area contributed by atoms with Crippen LogP contribution in [0.4, 0.5) is 16.4 Å². The summed E-state index contributed by atoms with van der Waals surface area (Å²) in [5.74, 6) is 0.540. The number of nitrogens with one attached hydrogen (secondary N) is 1. The number of hydrogen-bond donors (Lipinski definition) is 3. The van der Waals surface area contributed by atoms with Gasteiger partial charge in [-0.1, -0.05) is 6.07 Å². The molecule has 0 spiro atoms. The predicted molar refractivity (Wildman–Crippen MR) is 112 cm³/mol. The van der Waals surface area contributed by atoms with E-state index in [1.165, 1.54) is 16.2 Å². The molecule has 1 aliphatic heterocycles. The summed E-state index contributed by atoms with van der Waals surface area (Å²) >= 11 is 1.42. The van der Waals surface area contributed by atoms with Crippen LogP contribution in [-0.4, -0.2) is 44.1 Å². The number of aryl methyl sites for hydroxylation is 2. The van der Waals surface area contributed by atoms with Crippen LogP contribution in [0.1, 0.15) is 22.7 Å². The molecule has 1 aromatic carbocycles. The molecule has 150 valence electrons. The van der Waals surface area contributed by atoms with Crippen LogP contribution in [0.25, 0.3) is 10.4 Å². The molecule has 2 aromatic heterocycles. The Kier molecular flexibility index (Phi) is 4.93. The van der Waals surface area contributed by atoms with E-state index in [2.05, 4.69) is 26.3 Å². The summed E-state index contributed by atoms with van der Waals surface area (Å²) < 4.78 is 0. The Labute approximate surface area is 172 Å². The number of aromatic nitrogens is 3. The molecule has 8 nitrogen and oxygen atoms in total. The first kappa shape index (κ1) is 19.3. The van der Waals surface area contributed by atoms with Crippen LogP contribution < -0.4 is 11.1 Å². The highest BCUT2D eigenvalue weighted by atomic mass is 32.1. The summed E-state index contributed by atoms with van der Waals surface area (Å²) in [7, 11) is 0. The maximum Gasteiger partial charge on any atom is 0.314 e. The SMILES string of the molecule is Cc1cc(Nc2nccc(C)n2)cc(-c2cnc([C@]3(O)CCN(C(N)=O)C3)s2)c1. The van der Waals surface area contributed by atoms with Gasteiger partial charge in [0, 0.05) is 36.7 Å². The summed E-state index contributed by atoms with van der Waals surface area (Å²) in [5.41, 5.74) is 8.01. The molecule has 0 bridgehead atoms. The molecule has 1 aliphatic rings. The van der Waals surface area contributed by atoms with E-state index in [0.29, 0.717) is 23.9 Å². The molecule has 2 amide bonds. The number of hydrogen-bond acceptors (Lipinski definition) is 7. The molecule has 3 heterocycles. The monoisotopic (exact) mass is 410 g/mol. The first-order chi connectivity index (χ1) is 13.8. The molecule has 1 saturated heterocycles. The van der Waals surface area contributed by atoms with Gasteiger partial charge in [0.05, 0.1) is 11.4 Å². The minimum atomic E-state index is -1.15. The molecule has 0 radical (unpaired) electrons. The van der Waals surface area contributed by atoms with Crippen LogP contribution in [0, 0.1) is 13.8 Å². The van der Waals surface area contributed by atoms with Crippen molar-refractivity contribution in [1.82, 2.24) is 19.9 Å². The smallest absolute Gasteiger partial charge is 0.314 e. The number of benzene rings is 1. The van der Waals surface area contributed by atoms with Crippen molar-refractivity contribution in [1.29, 1.82) is 0 Å². The van der Waals surface area contributed by atoms with Crippen LogP contribution >= 0.6 is 11.3 Å². The second kappa shape index (κ2) is 7.41. The fraction of sp³-hybridized carbons (Fsp3) is 0.300. The van der Waals surface area contributed by atoms with E-state index in [-0.39, 0.29) is 6.54 Å². The number of β-amino-alcohol motifs (C(OH)–C–C–N with tert-alkyl or cyclic N) is 1. The number of urea groups is 1. The standard InChI is InChI=1S/C20H22N6O2S/c1-12-7-14(9-15(8-12)25-19-22-5-3-13(2)24-19)16-10-23-17(29-16)20(28)4-6-26(11-20)18(21)27/h3,5,7-10,28H,4,6,11H2,1-2H3,(H2,21,27)(H,22,24,25)/t20-/m0/s1. The topological polar surface area (TPSA) is 117 Å². The normalized spacial score (nSPS) is 18.8. The average molecular weight is 411 g/mol. The van der Waals surface area contributed by atoms with Crippen molar-refractivity contribution in [2.75, 3.05) is 18.4 Å². The van der Waals surface area contributed by atoms with E-state index < -0.39 is 11.6 Å². The summed E-state index contributed by atoms with van der Waals surface area (Å²) in [6, 6.07) is 7.41. The van der Waals surface area contributed by atoms with Crippen molar-refractivity contribution in [3.05, 3.63) is 52.9 Å². The number of rotatable bonds is 4. The van der Waals surface area contributed by atoms with E-state index in [1.807, 2.05) is 32.0 Å². The van der Waals surface area contributed by atoms with Gasteiger partial charge in [0.2, 0.25) is 5.95 Å². The third-order valence-electron chi connectivity index (χ3n) is 4.88. The Morgan fingerprint density at radius 3 is 2.86 bits per heavy atom. The van der Waals surface area contributed by atoms with Crippen LogP contribution in [0.3, 0.4) is 0 Å². The van der Waals surface area contributed by atoms with Gasteiger partial charge in [-0.3, -0.25) is 0 Å². The number of nitrogens with zero attached hydrogens (tertiary/aromatic N) is 4. The summed E-state index contributed by atoms with van der Waals surface area (Å²) in [6.07, 6.45) is 3.90. The number of thiazole rings is 1. The zero-order chi connectivity index (χ0) is 20.6. The van der Waals surface area contributed by atoms with Crippen LogP contribution in [0.5, 0.6) is 0 Å². The van der Waals surface area contributed by atoms with Crippen LogP contribution in [0.15, 0.2) is 36.7 Å². The van der Waals surface area contributed by atoms with Crippen molar-refractivity contribution in [3.63, 3.8) is 0 Å². The van der Waals surface area contributed by atoms with Gasteiger partial charge in [-0.2, -0.15) is 0 Å². The summed E-state index contributed by atoms with van der Waals surface area (Å²) in [6.45, 7) is 4.53. The molecule has 29 heavy (non-hydrogen) atoms. The molecule has 0 saturated carbocycles.